The lowest BCUT2D eigenvalue weighted by Crippen LogP contribution is -1.97. The highest BCUT2D eigenvalue weighted by Crippen LogP contribution is 2.42. The fourth-order valence-corrected chi connectivity index (χ4v) is 2.12. The van der Waals surface area contributed by atoms with E-state index in [1.807, 2.05) is 0 Å². The van der Waals surface area contributed by atoms with Gasteiger partial charge in [0, 0.05) is 12.0 Å². The zero-order chi connectivity index (χ0) is 13.2. The van der Waals surface area contributed by atoms with Gasteiger partial charge in [0.1, 0.15) is 0 Å². The van der Waals surface area contributed by atoms with Crippen molar-refractivity contribution < 1.29 is 14.0 Å². The van der Waals surface area contributed by atoms with Crippen LogP contribution in [0.4, 0.5) is 0 Å². The van der Waals surface area contributed by atoms with Crippen LogP contribution in [0.3, 0.4) is 0 Å². The fraction of sp³-hybridized carbons (Fsp3) is 0.333. The third-order valence-electron chi connectivity index (χ3n) is 2.74. The first-order chi connectivity index (χ1) is 9.29. The average molecular weight is 282 g/mol. The third-order valence-corrected chi connectivity index (χ3v) is 3.11. The molecular formula is C12H12ClN3O3. The minimum absolute atomic E-state index is 0.190. The Morgan fingerprint density at radius 2 is 2.11 bits per heavy atom. The molecule has 19 heavy (non-hydrogen) atoms. The van der Waals surface area contributed by atoms with Crippen LogP contribution in [0.5, 0.6) is 11.5 Å². The standard InChI is InChI=1S/C12H12ClN3O3/c13-10-7(12-15-9(6-14)19-16-12)2-3-8-11(10)18-5-1-4-17-8/h2-3H,1,4-6,14H2. The molecule has 6 nitrogen and oxygen atoms in total. The molecule has 1 aromatic carbocycles. The molecule has 2 N–H and O–H groups in total. The summed E-state index contributed by atoms with van der Waals surface area (Å²) >= 11 is 6.33. The lowest BCUT2D eigenvalue weighted by Gasteiger charge is -2.10. The molecule has 0 bridgehead atoms. The molecule has 1 aliphatic rings. The minimum atomic E-state index is 0.190. The van der Waals surface area contributed by atoms with E-state index in [1.54, 1.807) is 12.1 Å². The predicted molar refractivity (Wildman–Crippen MR) is 68.2 cm³/mol. The van der Waals surface area contributed by atoms with Crippen molar-refractivity contribution in [2.24, 2.45) is 5.73 Å². The predicted octanol–water partition coefficient (Wildman–Crippen LogP) is 2.01. The number of nitrogens with zero attached hydrogens (tertiary/aromatic N) is 2. The summed E-state index contributed by atoms with van der Waals surface area (Å²) in [6.45, 7) is 1.37. The Hall–Kier alpha value is -1.79. The summed E-state index contributed by atoms with van der Waals surface area (Å²) in [6, 6.07) is 3.57. The van der Waals surface area contributed by atoms with Crippen LogP contribution in [0.15, 0.2) is 16.7 Å². The van der Waals surface area contributed by atoms with Crippen molar-refractivity contribution in [2.75, 3.05) is 13.2 Å². The molecule has 0 atom stereocenters. The molecule has 0 aliphatic carbocycles. The van der Waals surface area contributed by atoms with Crippen molar-refractivity contribution in [3.63, 3.8) is 0 Å². The molecule has 7 heteroatoms. The molecule has 0 spiro atoms. The normalized spacial score (nSPS) is 14.2. The molecule has 0 radical (unpaired) electrons. The lowest BCUT2D eigenvalue weighted by atomic mass is 10.2. The molecule has 0 saturated carbocycles. The highest BCUT2D eigenvalue weighted by molar-refractivity contribution is 6.35. The summed E-state index contributed by atoms with van der Waals surface area (Å²) in [5.74, 6) is 1.91. The number of benzene rings is 1. The molecule has 0 fully saturated rings. The quantitative estimate of drug-likeness (QED) is 0.906. The van der Waals surface area contributed by atoms with Gasteiger partial charge in [-0.15, -0.1) is 0 Å². The highest BCUT2D eigenvalue weighted by Gasteiger charge is 2.20. The van der Waals surface area contributed by atoms with E-state index in [1.165, 1.54) is 0 Å². The van der Waals surface area contributed by atoms with Crippen LogP contribution in [0.25, 0.3) is 11.4 Å². The smallest absolute Gasteiger partial charge is 0.240 e. The second kappa shape index (κ2) is 5.07. The summed E-state index contributed by atoms with van der Waals surface area (Å²) < 4.78 is 16.1. The molecular weight excluding hydrogens is 270 g/mol. The summed E-state index contributed by atoms with van der Waals surface area (Å²) in [5, 5.41) is 4.26. The zero-order valence-electron chi connectivity index (χ0n) is 10.1. The maximum absolute atomic E-state index is 6.33. The van der Waals surface area contributed by atoms with E-state index in [-0.39, 0.29) is 6.54 Å². The Morgan fingerprint density at radius 1 is 1.26 bits per heavy atom. The van der Waals surface area contributed by atoms with Gasteiger partial charge in [0.15, 0.2) is 11.5 Å². The van der Waals surface area contributed by atoms with Crippen molar-refractivity contribution in [3.05, 3.63) is 23.0 Å². The first kappa shape index (κ1) is 12.3. The lowest BCUT2D eigenvalue weighted by molar-refractivity contribution is 0.297. The Labute approximate surface area is 114 Å². The fourth-order valence-electron chi connectivity index (χ4n) is 1.82. The number of ether oxygens (including phenoxy) is 2. The van der Waals surface area contributed by atoms with Crippen LogP contribution < -0.4 is 15.2 Å². The molecule has 3 rings (SSSR count). The van der Waals surface area contributed by atoms with Crippen molar-refractivity contribution in [2.45, 2.75) is 13.0 Å². The number of fused-ring (bicyclic) bond motifs is 1. The van der Waals surface area contributed by atoms with Gasteiger partial charge in [-0.2, -0.15) is 4.98 Å². The Balaban J connectivity index is 2.05. The van der Waals surface area contributed by atoms with Gasteiger partial charge < -0.3 is 19.7 Å². The third kappa shape index (κ3) is 2.24. The van der Waals surface area contributed by atoms with E-state index >= 15 is 0 Å². The second-order valence-electron chi connectivity index (χ2n) is 4.02. The number of hydrogen-bond donors (Lipinski definition) is 1. The summed E-state index contributed by atoms with van der Waals surface area (Å²) in [6.07, 6.45) is 0.819. The van der Waals surface area contributed by atoms with Gasteiger partial charge in [-0.25, -0.2) is 0 Å². The van der Waals surface area contributed by atoms with Crippen LogP contribution >= 0.6 is 11.6 Å². The molecule has 0 saturated heterocycles. The molecule has 2 heterocycles. The summed E-state index contributed by atoms with van der Waals surface area (Å²) in [7, 11) is 0. The van der Waals surface area contributed by atoms with Gasteiger partial charge in [0.25, 0.3) is 0 Å². The van der Waals surface area contributed by atoms with Crippen molar-refractivity contribution in [1.29, 1.82) is 0 Å². The SMILES string of the molecule is NCc1nc(-c2ccc3c(c2Cl)OCCCO3)no1. The van der Waals surface area contributed by atoms with E-state index in [9.17, 15) is 0 Å². The van der Waals surface area contributed by atoms with Gasteiger partial charge in [-0.05, 0) is 12.1 Å². The number of nitrogens with two attached hydrogens (primary N) is 1. The zero-order valence-corrected chi connectivity index (χ0v) is 10.8. The summed E-state index contributed by atoms with van der Waals surface area (Å²) in [5.41, 5.74) is 6.07. The first-order valence-corrected chi connectivity index (χ1v) is 6.28. The van der Waals surface area contributed by atoms with Gasteiger partial charge in [-0.1, -0.05) is 16.8 Å². The molecule has 1 aliphatic heterocycles. The molecule has 2 aromatic rings. The van der Waals surface area contributed by atoms with E-state index < -0.39 is 0 Å². The number of aromatic nitrogens is 2. The Kier molecular flexibility index (Phi) is 3.27. The van der Waals surface area contributed by atoms with Gasteiger partial charge in [0.05, 0.1) is 24.8 Å². The average Bonchev–Trinajstić information content (AvgIpc) is 2.76. The highest BCUT2D eigenvalue weighted by atomic mass is 35.5. The van der Waals surface area contributed by atoms with Crippen LogP contribution in [0.2, 0.25) is 5.02 Å². The van der Waals surface area contributed by atoms with Crippen molar-refractivity contribution in [3.8, 4) is 22.9 Å². The van der Waals surface area contributed by atoms with E-state index in [0.717, 1.165) is 6.42 Å². The molecule has 100 valence electrons. The molecule has 1 aromatic heterocycles. The maximum atomic E-state index is 6.33. The maximum Gasteiger partial charge on any atom is 0.240 e. The summed E-state index contributed by atoms with van der Waals surface area (Å²) in [4.78, 5) is 4.15. The van der Waals surface area contributed by atoms with E-state index in [4.69, 9.17) is 31.3 Å². The Morgan fingerprint density at radius 3 is 2.89 bits per heavy atom. The van der Waals surface area contributed by atoms with Crippen LogP contribution in [-0.4, -0.2) is 23.4 Å². The topological polar surface area (TPSA) is 83.4 Å². The largest absolute Gasteiger partial charge is 0.490 e. The number of hydrogen-bond acceptors (Lipinski definition) is 6. The second-order valence-corrected chi connectivity index (χ2v) is 4.40. The van der Waals surface area contributed by atoms with Crippen LogP contribution in [0.1, 0.15) is 12.3 Å². The van der Waals surface area contributed by atoms with Crippen LogP contribution in [-0.2, 0) is 6.54 Å². The van der Waals surface area contributed by atoms with Gasteiger partial charge >= 0.3 is 0 Å². The monoisotopic (exact) mass is 281 g/mol. The minimum Gasteiger partial charge on any atom is -0.490 e. The Bertz CT molecular complexity index is 600. The van der Waals surface area contributed by atoms with E-state index in [0.29, 0.717) is 47.0 Å². The number of halogens is 1. The molecule has 0 amide bonds. The van der Waals surface area contributed by atoms with Gasteiger partial charge in [0.2, 0.25) is 11.7 Å². The number of rotatable bonds is 2. The van der Waals surface area contributed by atoms with Crippen molar-refractivity contribution in [1.82, 2.24) is 10.1 Å². The van der Waals surface area contributed by atoms with Crippen LogP contribution in [0, 0.1) is 0 Å². The van der Waals surface area contributed by atoms with E-state index in [2.05, 4.69) is 10.1 Å². The molecule has 0 unspecified atom stereocenters. The van der Waals surface area contributed by atoms with Crippen molar-refractivity contribution >= 4 is 11.6 Å². The first-order valence-electron chi connectivity index (χ1n) is 5.90. The van der Waals surface area contributed by atoms with Gasteiger partial charge in [-0.3, -0.25) is 0 Å².